The minimum absolute atomic E-state index is 0.0581. The molecule has 1 aliphatic rings. The number of Topliss-reactive ketones (excluding diaryl/α,β-unsaturated/α-hetero) is 1. The van der Waals surface area contributed by atoms with Gasteiger partial charge in [-0.05, 0) is 20.8 Å². The van der Waals surface area contributed by atoms with Crippen LogP contribution in [0, 0.1) is 5.41 Å². The van der Waals surface area contributed by atoms with E-state index in [1.165, 1.54) is 6.92 Å². The zero-order valence-corrected chi connectivity index (χ0v) is 11.8. The predicted octanol–water partition coefficient (Wildman–Crippen LogP) is 1.26. The summed E-state index contributed by atoms with van der Waals surface area (Å²) < 4.78 is 11.2. The van der Waals surface area contributed by atoms with E-state index in [2.05, 4.69) is 5.32 Å². The van der Waals surface area contributed by atoms with Gasteiger partial charge >= 0.3 is 0 Å². The number of ketones is 1. The molecule has 0 saturated carbocycles. The van der Waals surface area contributed by atoms with Gasteiger partial charge in [-0.15, -0.1) is 0 Å². The van der Waals surface area contributed by atoms with Gasteiger partial charge in [-0.3, -0.25) is 9.59 Å². The summed E-state index contributed by atoms with van der Waals surface area (Å²) in [6, 6.07) is 0. The number of carbonyl (C=O) groups is 2. The van der Waals surface area contributed by atoms with Gasteiger partial charge in [-0.2, -0.15) is 0 Å². The molecule has 0 aromatic carbocycles. The predicted molar refractivity (Wildman–Crippen MR) is 67.0 cm³/mol. The number of hydrogen-bond donors (Lipinski definition) is 1. The van der Waals surface area contributed by atoms with Gasteiger partial charge in [-0.1, -0.05) is 13.8 Å². The topological polar surface area (TPSA) is 64.6 Å². The number of amides is 1. The number of hydrogen-bond acceptors (Lipinski definition) is 4. The summed E-state index contributed by atoms with van der Waals surface area (Å²) in [6.45, 7) is 9.76. The van der Waals surface area contributed by atoms with Crippen LogP contribution in [-0.2, 0) is 19.1 Å². The largest absolute Gasteiger partial charge is 0.353 e. The van der Waals surface area contributed by atoms with Gasteiger partial charge in [0.25, 0.3) is 0 Å². The summed E-state index contributed by atoms with van der Waals surface area (Å²) in [4.78, 5) is 22.9. The van der Waals surface area contributed by atoms with Gasteiger partial charge in [0.05, 0.1) is 6.61 Å². The Labute approximate surface area is 108 Å². The SMILES string of the molecule is CC(=O)CCNC(=O)C1OC(C)(C)OCC1(C)C. The van der Waals surface area contributed by atoms with E-state index >= 15 is 0 Å². The second kappa shape index (κ2) is 5.36. The lowest BCUT2D eigenvalue weighted by molar-refractivity contribution is -0.304. The fourth-order valence-corrected chi connectivity index (χ4v) is 1.78. The molecule has 1 rings (SSSR count). The molecule has 1 aliphatic heterocycles. The molecule has 0 aliphatic carbocycles. The van der Waals surface area contributed by atoms with Crippen molar-refractivity contribution in [3.63, 3.8) is 0 Å². The zero-order chi connectivity index (χ0) is 14.0. The molecule has 5 heteroatoms. The van der Waals surface area contributed by atoms with Crippen molar-refractivity contribution in [3.05, 3.63) is 0 Å². The van der Waals surface area contributed by atoms with E-state index in [1.807, 2.05) is 13.8 Å². The fourth-order valence-electron chi connectivity index (χ4n) is 1.78. The van der Waals surface area contributed by atoms with Crippen LogP contribution in [0.4, 0.5) is 0 Å². The Morgan fingerprint density at radius 1 is 1.28 bits per heavy atom. The van der Waals surface area contributed by atoms with Crippen molar-refractivity contribution in [1.29, 1.82) is 0 Å². The highest BCUT2D eigenvalue weighted by molar-refractivity contribution is 5.82. The van der Waals surface area contributed by atoms with Crippen molar-refractivity contribution in [2.75, 3.05) is 13.2 Å². The molecule has 1 unspecified atom stereocenters. The summed E-state index contributed by atoms with van der Waals surface area (Å²) in [5.74, 6) is -0.877. The maximum Gasteiger partial charge on any atom is 0.249 e. The summed E-state index contributed by atoms with van der Waals surface area (Å²) in [7, 11) is 0. The third kappa shape index (κ3) is 4.07. The lowest BCUT2D eigenvalue weighted by Gasteiger charge is -2.44. The smallest absolute Gasteiger partial charge is 0.249 e. The molecule has 1 heterocycles. The van der Waals surface area contributed by atoms with Crippen molar-refractivity contribution in [2.24, 2.45) is 5.41 Å². The van der Waals surface area contributed by atoms with E-state index in [4.69, 9.17) is 9.47 Å². The summed E-state index contributed by atoms with van der Waals surface area (Å²) in [5, 5.41) is 2.74. The van der Waals surface area contributed by atoms with Crippen molar-refractivity contribution >= 4 is 11.7 Å². The third-order valence-electron chi connectivity index (χ3n) is 2.92. The quantitative estimate of drug-likeness (QED) is 0.823. The molecule has 0 radical (unpaired) electrons. The molecule has 1 amide bonds. The maximum absolute atomic E-state index is 12.1. The standard InChI is InChI=1S/C13H23NO4/c1-9(15)6-7-14-11(16)10-12(2,3)8-17-13(4,5)18-10/h10H,6-8H2,1-5H3,(H,14,16). The van der Waals surface area contributed by atoms with Crippen molar-refractivity contribution < 1.29 is 19.1 Å². The van der Waals surface area contributed by atoms with E-state index in [0.717, 1.165) is 0 Å². The van der Waals surface area contributed by atoms with Crippen LogP contribution in [0.5, 0.6) is 0 Å². The first kappa shape index (κ1) is 15.1. The van der Waals surface area contributed by atoms with E-state index in [9.17, 15) is 9.59 Å². The van der Waals surface area contributed by atoms with Gasteiger partial charge < -0.3 is 14.8 Å². The molecule has 104 valence electrons. The molecule has 1 N–H and O–H groups in total. The molecule has 0 aromatic heterocycles. The summed E-state index contributed by atoms with van der Waals surface area (Å²) in [5.41, 5.74) is -0.379. The van der Waals surface area contributed by atoms with Crippen LogP contribution in [0.25, 0.3) is 0 Å². The Bertz CT molecular complexity index is 336. The third-order valence-corrected chi connectivity index (χ3v) is 2.92. The summed E-state index contributed by atoms with van der Waals surface area (Å²) >= 11 is 0. The second-order valence-electron chi connectivity index (χ2n) is 5.92. The Balaban J connectivity index is 2.60. The van der Waals surface area contributed by atoms with Crippen molar-refractivity contribution in [1.82, 2.24) is 5.32 Å². The van der Waals surface area contributed by atoms with Gasteiger partial charge in [0.1, 0.15) is 11.9 Å². The molecular weight excluding hydrogens is 234 g/mol. The Morgan fingerprint density at radius 2 is 1.89 bits per heavy atom. The average Bonchev–Trinajstić information content (AvgIpc) is 2.21. The molecule has 0 bridgehead atoms. The molecule has 5 nitrogen and oxygen atoms in total. The van der Waals surface area contributed by atoms with Crippen LogP contribution in [0.15, 0.2) is 0 Å². The lowest BCUT2D eigenvalue weighted by atomic mass is 9.85. The van der Waals surface area contributed by atoms with E-state index in [1.54, 1.807) is 13.8 Å². The van der Waals surface area contributed by atoms with Crippen molar-refractivity contribution in [2.45, 2.75) is 52.9 Å². The van der Waals surface area contributed by atoms with E-state index < -0.39 is 11.9 Å². The molecule has 1 saturated heterocycles. The Kier molecular flexibility index (Phi) is 4.50. The minimum atomic E-state index is -0.752. The molecular formula is C13H23NO4. The minimum Gasteiger partial charge on any atom is -0.353 e. The molecule has 0 aromatic rings. The molecule has 1 atom stereocenters. The first-order valence-electron chi connectivity index (χ1n) is 6.23. The maximum atomic E-state index is 12.1. The lowest BCUT2D eigenvalue weighted by Crippen LogP contribution is -2.56. The van der Waals surface area contributed by atoms with E-state index in [0.29, 0.717) is 19.6 Å². The highest BCUT2D eigenvalue weighted by Gasteiger charge is 2.45. The average molecular weight is 257 g/mol. The second-order valence-corrected chi connectivity index (χ2v) is 5.92. The van der Waals surface area contributed by atoms with Crippen LogP contribution in [0.2, 0.25) is 0 Å². The highest BCUT2D eigenvalue weighted by Crippen LogP contribution is 2.34. The summed E-state index contributed by atoms with van der Waals surface area (Å²) in [6.07, 6.45) is -0.216. The Morgan fingerprint density at radius 3 is 2.44 bits per heavy atom. The normalized spacial score (nSPS) is 25.5. The van der Waals surface area contributed by atoms with Gasteiger partial charge in [0.2, 0.25) is 5.91 Å². The Hall–Kier alpha value is -0.940. The number of carbonyl (C=O) groups excluding carboxylic acids is 2. The number of ether oxygens (including phenoxy) is 2. The van der Waals surface area contributed by atoms with Crippen LogP contribution in [0.3, 0.4) is 0 Å². The van der Waals surface area contributed by atoms with Gasteiger partial charge in [-0.25, -0.2) is 0 Å². The highest BCUT2D eigenvalue weighted by atomic mass is 16.7. The fraction of sp³-hybridized carbons (Fsp3) is 0.846. The number of rotatable bonds is 4. The van der Waals surface area contributed by atoms with Crippen LogP contribution >= 0.6 is 0 Å². The zero-order valence-electron chi connectivity index (χ0n) is 11.8. The first-order valence-corrected chi connectivity index (χ1v) is 6.23. The number of nitrogens with one attached hydrogen (secondary N) is 1. The van der Waals surface area contributed by atoms with Crippen molar-refractivity contribution in [3.8, 4) is 0 Å². The molecule has 0 spiro atoms. The van der Waals surface area contributed by atoms with E-state index in [-0.39, 0.29) is 17.1 Å². The molecule has 18 heavy (non-hydrogen) atoms. The molecule has 1 fully saturated rings. The van der Waals surface area contributed by atoms with Gasteiger partial charge in [0, 0.05) is 18.4 Å². The van der Waals surface area contributed by atoms with Crippen LogP contribution in [0.1, 0.15) is 41.0 Å². The van der Waals surface area contributed by atoms with Crippen LogP contribution in [-0.4, -0.2) is 36.7 Å². The monoisotopic (exact) mass is 257 g/mol. The van der Waals surface area contributed by atoms with Crippen LogP contribution < -0.4 is 5.32 Å². The first-order chi connectivity index (χ1) is 8.14. The van der Waals surface area contributed by atoms with Gasteiger partial charge in [0.15, 0.2) is 5.79 Å².